The Morgan fingerprint density at radius 1 is 1.55 bits per heavy atom. The molecule has 0 unspecified atom stereocenters. The van der Waals surface area contributed by atoms with Gasteiger partial charge in [0, 0.05) is 0 Å². The lowest BCUT2D eigenvalue weighted by Crippen LogP contribution is -1.98. The Hall–Kier alpha value is -0.860. The number of rotatable bonds is 0. The van der Waals surface area contributed by atoms with Gasteiger partial charge in [0.15, 0.2) is 16.7 Å². The highest BCUT2D eigenvalue weighted by Gasteiger charge is 2.06. The zero-order valence-corrected chi connectivity index (χ0v) is 7.52. The third-order valence-corrected chi connectivity index (χ3v) is 1.99. The highest BCUT2D eigenvalue weighted by Crippen LogP contribution is 2.19. The summed E-state index contributed by atoms with van der Waals surface area (Å²) in [6, 6.07) is 1.76. The van der Waals surface area contributed by atoms with Crippen LogP contribution in [-0.2, 0) is 0 Å². The minimum atomic E-state index is 0.0400. The molecule has 0 aromatic carbocycles. The fraction of sp³-hybridized carbons (Fsp3) is 0. The number of aromatic nitrogens is 2. The number of nitrogen functional groups attached to an aromatic ring is 1. The summed E-state index contributed by atoms with van der Waals surface area (Å²) in [6.45, 7) is 0. The highest BCUT2D eigenvalue weighted by atomic mass is 79.9. The minimum Gasteiger partial charge on any atom is -0.381 e. The van der Waals surface area contributed by atoms with Crippen molar-refractivity contribution in [3.8, 4) is 6.07 Å². The number of halogens is 2. The molecule has 0 amide bonds. The standard InChI is InChI=1S/C5H2BrClN4/c6-3-4(7)10-2(1-8)5(9)11-3/h(H2,9,11). The predicted octanol–water partition coefficient (Wildman–Crippen LogP) is 1.35. The Morgan fingerprint density at radius 2 is 2.18 bits per heavy atom. The molecule has 0 saturated carbocycles. The van der Waals surface area contributed by atoms with Gasteiger partial charge >= 0.3 is 0 Å². The molecular formula is C5H2BrClN4. The third kappa shape index (κ3) is 1.59. The molecule has 0 atom stereocenters. The molecule has 6 heteroatoms. The van der Waals surface area contributed by atoms with Crippen molar-refractivity contribution < 1.29 is 0 Å². The van der Waals surface area contributed by atoms with Gasteiger partial charge in [-0.15, -0.1) is 0 Å². The number of hydrogen-bond acceptors (Lipinski definition) is 4. The van der Waals surface area contributed by atoms with E-state index < -0.39 is 0 Å². The number of nitriles is 1. The SMILES string of the molecule is N#Cc1nc(Cl)c(Br)nc1N. The van der Waals surface area contributed by atoms with Crippen molar-refractivity contribution in [1.29, 1.82) is 5.26 Å². The molecule has 0 radical (unpaired) electrons. The second-order valence-corrected chi connectivity index (χ2v) is 2.76. The van der Waals surface area contributed by atoms with Gasteiger partial charge in [0.25, 0.3) is 0 Å². The zero-order chi connectivity index (χ0) is 8.43. The van der Waals surface area contributed by atoms with Gasteiger partial charge in [0.1, 0.15) is 10.7 Å². The number of anilines is 1. The second-order valence-electron chi connectivity index (χ2n) is 1.65. The van der Waals surface area contributed by atoms with Gasteiger partial charge in [-0.1, -0.05) is 11.6 Å². The second kappa shape index (κ2) is 3.03. The van der Waals surface area contributed by atoms with E-state index >= 15 is 0 Å². The van der Waals surface area contributed by atoms with Gasteiger partial charge in [-0.05, 0) is 15.9 Å². The molecule has 1 heterocycles. The molecular weight excluding hydrogens is 231 g/mol. The van der Waals surface area contributed by atoms with Crippen LogP contribution >= 0.6 is 27.5 Å². The summed E-state index contributed by atoms with van der Waals surface area (Å²) >= 11 is 8.55. The van der Waals surface area contributed by atoms with Gasteiger partial charge in [0.2, 0.25) is 0 Å². The molecule has 0 fully saturated rings. The Balaban J connectivity index is 3.35. The molecule has 0 aliphatic rings. The van der Waals surface area contributed by atoms with Crippen molar-refractivity contribution >= 4 is 33.3 Å². The molecule has 1 aromatic heterocycles. The third-order valence-electron chi connectivity index (χ3n) is 0.947. The van der Waals surface area contributed by atoms with Crippen molar-refractivity contribution in [3.63, 3.8) is 0 Å². The zero-order valence-electron chi connectivity index (χ0n) is 5.17. The van der Waals surface area contributed by atoms with Crippen LogP contribution in [0, 0.1) is 11.3 Å². The van der Waals surface area contributed by atoms with E-state index in [2.05, 4.69) is 25.9 Å². The lowest BCUT2D eigenvalue weighted by Gasteiger charge is -1.97. The van der Waals surface area contributed by atoms with Crippen LogP contribution in [0.5, 0.6) is 0 Å². The van der Waals surface area contributed by atoms with E-state index in [-0.39, 0.29) is 16.7 Å². The van der Waals surface area contributed by atoms with E-state index in [0.29, 0.717) is 4.60 Å². The first-order valence-corrected chi connectivity index (χ1v) is 3.71. The monoisotopic (exact) mass is 232 g/mol. The van der Waals surface area contributed by atoms with E-state index in [0.717, 1.165) is 0 Å². The van der Waals surface area contributed by atoms with Crippen LogP contribution in [0.25, 0.3) is 0 Å². The highest BCUT2D eigenvalue weighted by molar-refractivity contribution is 9.10. The average molecular weight is 233 g/mol. The largest absolute Gasteiger partial charge is 0.381 e. The summed E-state index contributed by atoms with van der Waals surface area (Å²) in [7, 11) is 0. The van der Waals surface area contributed by atoms with Gasteiger partial charge < -0.3 is 5.73 Å². The van der Waals surface area contributed by atoms with Crippen molar-refractivity contribution in [2.45, 2.75) is 0 Å². The molecule has 11 heavy (non-hydrogen) atoms. The maximum Gasteiger partial charge on any atom is 0.184 e. The Bertz CT molecular complexity index is 332. The summed E-state index contributed by atoms with van der Waals surface area (Å²) < 4.78 is 0.343. The van der Waals surface area contributed by atoms with Crippen LogP contribution in [0.3, 0.4) is 0 Å². The summed E-state index contributed by atoms with van der Waals surface area (Å²) in [5.41, 5.74) is 5.36. The molecule has 4 nitrogen and oxygen atoms in total. The van der Waals surface area contributed by atoms with Crippen molar-refractivity contribution in [1.82, 2.24) is 9.97 Å². The van der Waals surface area contributed by atoms with E-state index in [1.165, 1.54) is 0 Å². The molecule has 2 N–H and O–H groups in total. The normalized spacial score (nSPS) is 9.18. The smallest absolute Gasteiger partial charge is 0.184 e. The fourth-order valence-electron chi connectivity index (χ4n) is 0.489. The molecule has 0 aliphatic heterocycles. The van der Waals surface area contributed by atoms with Crippen LogP contribution in [0.1, 0.15) is 5.69 Å². The number of nitrogens with two attached hydrogens (primary N) is 1. The van der Waals surface area contributed by atoms with Crippen LogP contribution < -0.4 is 5.73 Å². The molecule has 1 aromatic rings. The van der Waals surface area contributed by atoms with Crippen LogP contribution in [0.2, 0.25) is 5.15 Å². The Kier molecular flexibility index (Phi) is 2.27. The Morgan fingerprint density at radius 3 is 2.73 bits per heavy atom. The van der Waals surface area contributed by atoms with Crippen molar-refractivity contribution in [2.75, 3.05) is 5.73 Å². The van der Waals surface area contributed by atoms with Gasteiger partial charge in [0.05, 0.1) is 0 Å². The lowest BCUT2D eigenvalue weighted by atomic mass is 10.4. The number of nitrogens with zero attached hydrogens (tertiary/aromatic N) is 3. The molecule has 0 saturated heterocycles. The van der Waals surface area contributed by atoms with E-state index in [1.807, 2.05) is 0 Å². The summed E-state index contributed by atoms with van der Waals surface area (Å²) in [4.78, 5) is 7.38. The molecule has 0 spiro atoms. The fourth-order valence-corrected chi connectivity index (χ4v) is 0.895. The molecule has 0 aliphatic carbocycles. The van der Waals surface area contributed by atoms with Crippen molar-refractivity contribution in [3.05, 3.63) is 15.5 Å². The first-order valence-electron chi connectivity index (χ1n) is 2.53. The number of hydrogen-bond donors (Lipinski definition) is 1. The predicted molar refractivity (Wildman–Crippen MR) is 43.9 cm³/mol. The van der Waals surface area contributed by atoms with E-state index in [9.17, 15) is 0 Å². The Labute approximate surface area is 76.1 Å². The first-order chi connectivity index (χ1) is 5.15. The maximum atomic E-state index is 8.43. The lowest BCUT2D eigenvalue weighted by molar-refractivity contribution is 1.14. The van der Waals surface area contributed by atoms with Crippen LogP contribution in [0.4, 0.5) is 5.82 Å². The van der Waals surface area contributed by atoms with Crippen LogP contribution in [-0.4, -0.2) is 9.97 Å². The average Bonchev–Trinajstić information content (AvgIpc) is 1.97. The topological polar surface area (TPSA) is 75.6 Å². The minimum absolute atomic E-state index is 0.0400. The molecule has 1 rings (SSSR count). The van der Waals surface area contributed by atoms with Gasteiger partial charge in [-0.2, -0.15) is 5.26 Å². The van der Waals surface area contributed by atoms with Gasteiger partial charge in [-0.3, -0.25) is 0 Å². The molecule has 56 valence electrons. The summed E-state index contributed by atoms with van der Waals surface area (Å²) in [5.74, 6) is 0.0729. The maximum absolute atomic E-state index is 8.43. The quantitative estimate of drug-likeness (QED) is 0.734. The van der Waals surface area contributed by atoms with Crippen LogP contribution in [0.15, 0.2) is 4.60 Å². The summed E-state index contributed by atoms with van der Waals surface area (Å²) in [6.07, 6.45) is 0. The molecule has 0 bridgehead atoms. The van der Waals surface area contributed by atoms with Gasteiger partial charge in [-0.25, -0.2) is 9.97 Å². The summed E-state index contributed by atoms with van der Waals surface area (Å²) in [5, 5.41) is 8.56. The van der Waals surface area contributed by atoms with E-state index in [4.69, 9.17) is 22.6 Å². The van der Waals surface area contributed by atoms with Crippen molar-refractivity contribution in [2.24, 2.45) is 0 Å². The first kappa shape index (κ1) is 8.24. The van der Waals surface area contributed by atoms with E-state index in [1.54, 1.807) is 6.07 Å².